The first kappa shape index (κ1) is 14.3. The molecule has 4 heteroatoms. The SMILES string of the molecule is CC1=C[C@H](C)[C@@H](C(=O)[O-])[C@H](C(=O)Nc2ccccc2)C1. The number of aliphatic carboxylic acids is 1. The minimum Gasteiger partial charge on any atom is -0.550 e. The molecule has 1 aliphatic carbocycles. The standard InChI is InChI=1S/C16H19NO3/c1-10-8-11(2)14(16(19)20)13(9-10)15(18)17-12-6-4-3-5-7-12/h3-8,11,13-14H,9H2,1-2H3,(H,17,18)(H,19,20)/p-1/t11-,13+,14+/m0/s1. The zero-order valence-electron chi connectivity index (χ0n) is 11.6. The van der Waals surface area contributed by atoms with Crippen molar-refractivity contribution in [1.82, 2.24) is 0 Å². The second-order valence-corrected chi connectivity index (χ2v) is 5.38. The summed E-state index contributed by atoms with van der Waals surface area (Å²) in [6, 6.07) is 9.05. The van der Waals surface area contributed by atoms with Crippen LogP contribution in [-0.2, 0) is 9.59 Å². The highest BCUT2D eigenvalue weighted by molar-refractivity contribution is 5.95. The van der Waals surface area contributed by atoms with E-state index in [1.54, 1.807) is 12.1 Å². The lowest BCUT2D eigenvalue weighted by atomic mass is 9.73. The molecule has 0 bridgehead atoms. The third-order valence-electron chi connectivity index (χ3n) is 3.74. The van der Waals surface area contributed by atoms with E-state index in [9.17, 15) is 14.7 Å². The first-order chi connectivity index (χ1) is 9.49. The molecule has 0 aliphatic heterocycles. The second-order valence-electron chi connectivity index (χ2n) is 5.38. The highest BCUT2D eigenvalue weighted by Gasteiger charge is 2.35. The Hall–Kier alpha value is -2.10. The Labute approximate surface area is 118 Å². The number of hydrogen-bond acceptors (Lipinski definition) is 3. The van der Waals surface area contributed by atoms with E-state index < -0.39 is 17.8 Å². The van der Waals surface area contributed by atoms with Crippen molar-refractivity contribution in [3.8, 4) is 0 Å². The smallest absolute Gasteiger partial charge is 0.228 e. The molecule has 1 aromatic rings. The molecule has 3 atom stereocenters. The van der Waals surface area contributed by atoms with Gasteiger partial charge in [-0.2, -0.15) is 0 Å². The van der Waals surface area contributed by atoms with Gasteiger partial charge in [0, 0.05) is 17.6 Å². The number of carboxylic acid groups (broad SMARTS) is 1. The average Bonchev–Trinajstić information content (AvgIpc) is 2.38. The molecule has 0 radical (unpaired) electrons. The second kappa shape index (κ2) is 5.90. The average molecular weight is 272 g/mol. The van der Waals surface area contributed by atoms with E-state index in [4.69, 9.17) is 0 Å². The number of hydrogen-bond donors (Lipinski definition) is 1. The fourth-order valence-electron chi connectivity index (χ4n) is 2.85. The van der Waals surface area contributed by atoms with Crippen LogP contribution < -0.4 is 10.4 Å². The molecule has 0 aromatic heterocycles. The lowest BCUT2D eigenvalue weighted by molar-refractivity contribution is -0.314. The summed E-state index contributed by atoms with van der Waals surface area (Å²) >= 11 is 0. The number of carboxylic acids is 1. The summed E-state index contributed by atoms with van der Waals surface area (Å²) in [5.41, 5.74) is 1.72. The molecule has 0 heterocycles. The fraction of sp³-hybridized carbons (Fsp3) is 0.375. The summed E-state index contributed by atoms with van der Waals surface area (Å²) in [6.07, 6.45) is 2.37. The van der Waals surface area contributed by atoms with Crippen molar-refractivity contribution in [3.05, 3.63) is 42.0 Å². The molecule has 1 N–H and O–H groups in total. The van der Waals surface area contributed by atoms with Gasteiger partial charge < -0.3 is 15.2 Å². The van der Waals surface area contributed by atoms with E-state index in [1.165, 1.54) is 0 Å². The van der Waals surface area contributed by atoms with Gasteiger partial charge in [-0.1, -0.05) is 36.8 Å². The summed E-state index contributed by atoms with van der Waals surface area (Å²) in [5.74, 6) is -2.97. The van der Waals surface area contributed by atoms with Crippen LogP contribution in [-0.4, -0.2) is 11.9 Å². The Kier molecular flexibility index (Phi) is 4.23. The predicted octanol–water partition coefficient (Wildman–Crippen LogP) is 1.59. The number of carbonyl (C=O) groups is 2. The van der Waals surface area contributed by atoms with Crippen LogP contribution in [0.2, 0.25) is 0 Å². The molecule has 4 nitrogen and oxygen atoms in total. The molecular weight excluding hydrogens is 254 g/mol. The molecule has 20 heavy (non-hydrogen) atoms. The van der Waals surface area contributed by atoms with Crippen LogP contribution in [0.25, 0.3) is 0 Å². The maximum atomic E-state index is 12.3. The normalized spacial score (nSPS) is 25.7. The largest absolute Gasteiger partial charge is 0.550 e. The molecule has 2 rings (SSSR count). The van der Waals surface area contributed by atoms with Crippen molar-refractivity contribution >= 4 is 17.6 Å². The Balaban J connectivity index is 2.18. The number of benzene rings is 1. The Bertz CT molecular complexity index is 536. The van der Waals surface area contributed by atoms with E-state index >= 15 is 0 Å². The Morgan fingerprint density at radius 2 is 1.90 bits per heavy atom. The van der Waals surface area contributed by atoms with Crippen LogP contribution in [0.3, 0.4) is 0 Å². The highest BCUT2D eigenvalue weighted by Crippen LogP contribution is 2.34. The zero-order valence-corrected chi connectivity index (χ0v) is 11.6. The summed E-state index contributed by atoms with van der Waals surface area (Å²) in [6.45, 7) is 3.73. The van der Waals surface area contributed by atoms with E-state index in [-0.39, 0.29) is 11.8 Å². The first-order valence-electron chi connectivity index (χ1n) is 6.73. The van der Waals surface area contributed by atoms with Gasteiger partial charge in [-0.05, 0) is 31.4 Å². The zero-order chi connectivity index (χ0) is 14.7. The molecular formula is C16H18NO3-. The van der Waals surface area contributed by atoms with Crippen molar-refractivity contribution in [2.45, 2.75) is 20.3 Å². The van der Waals surface area contributed by atoms with Gasteiger partial charge in [0.2, 0.25) is 5.91 Å². The van der Waals surface area contributed by atoms with Gasteiger partial charge in [0.15, 0.2) is 0 Å². The highest BCUT2D eigenvalue weighted by atomic mass is 16.4. The molecule has 0 saturated heterocycles. The summed E-state index contributed by atoms with van der Waals surface area (Å²) in [4.78, 5) is 23.7. The van der Waals surface area contributed by atoms with Crippen molar-refractivity contribution in [3.63, 3.8) is 0 Å². The third-order valence-corrected chi connectivity index (χ3v) is 3.74. The van der Waals surface area contributed by atoms with Crippen LogP contribution in [0.15, 0.2) is 42.0 Å². The maximum Gasteiger partial charge on any atom is 0.228 e. The molecule has 0 fully saturated rings. The number of para-hydroxylation sites is 1. The molecule has 1 aromatic carbocycles. The summed E-state index contributed by atoms with van der Waals surface area (Å²) in [7, 11) is 0. The fourth-order valence-corrected chi connectivity index (χ4v) is 2.85. The lowest BCUT2D eigenvalue weighted by Crippen LogP contribution is -2.45. The number of allylic oxidation sites excluding steroid dienone is 2. The van der Waals surface area contributed by atoms with Crippen molar-refractivity contribution in [2.24, 2.45) is 17.8 Å². The van der Waals surface area contributed by atoms with E-state index in [1.807, 2.05) is 38.1 Å². The molecule has 106 valence electrons. The van der Waals surface area contributed by atoms with Gasteiger partial charge in [0.25, 0.3) is 0 Å². The third kappa shape index (κ3) is 3.07. The van der Waals surface area contributed by atoms with E-state index in [0.29, 0.717) is 12.1 Å². The molecule has 0 unspecified atom stereocenters. The topological polar surface area (TPSA) is 69.2 Å². The van der Waals surface area contributed by atoms with Gasteiger partial charge in [-0.3, -0.25) is 4.79 Å². The van der Waals surface area contributed by atoms with Gasteiger partial charge >= 0.3 is 0 Å². The molecule has 1 amide bonds. The van der Waals surface area contributed by atoms with Gasteiger partial charge in [0.1, 0.15) is 0 Å². The lowest BCUT2D eigenvalue weighted by Gasteiger charge is -2.34. The number of carbonyl (C=O) groups excluding carboxylic acids is 2. The molecule has 0 saturated carbocycles. The van der Waals surface area contributed by atoms with Crippen LogP contribution in [0, 0.1) is 17.8 Å². The van der Waals surface area contributed by atoms with Crippen molar-refractivity contribution in [1.29, 1.82) is 0 Å². The summed E-state index contributed by atoms with van der Waals surface area (Å²) in [5, 5.41) is 14.1. The van der Waals surface area contributed by atoms with Gasteiger partial charge in [-0.15, -0.1) is 0 Å². The minimum atomic E-state index is -1.16. The van der Waals surface area contributed by atoms with Crippen molar-refractivity contribution < 1.29 is 14.7 Å². The number of rotatable bonds is 3. The van der Waals surface area contributed by atoms with Crippen LogP contribution in [0.5, 0.6) is 0 Å². The van der Waals surface area contributed by atoms with Crippen LogP contribution in [0.4, 0.5) is 5.69 Å². The first-order valence-corrected chi connectivity index (χ1v) is 6.73. The molecule has 0 spiro atoms. The van der Waals surface area contributed by atoms with Gasteiger partial charge in [-0.25, -0.2) is 0 Å². The van der Waals surface area contributed by atoms with E-state index in [2.05, 4.69) is 5.32 Å². The number of nitrogens with one attached hydrogen (secondary N) is 1. The van der Waals surface area contributed by atoms with Crippen molar-refractivity contribution in [2.75, 3.05) is 5.32 Å². The number of anilines is 1. The quantitative estimate of drug-likeness (QED) is 0.850. The van der Waals surface area contributed by atoms with Crippen LogP contribution >= 0.6 is 0 Å². The van der Waals surface area contributed by atoms with E-state index in [0.717, 1.165) is 5.57 Å². The minimum absolute atomic E-state index is 0.194. The Morgan fingerprint density at radius 3 is 2.50 bits per heavy atom. The molecule has 1 aliphatic rings. The predicted molar refractivity (Wildman–Crippen MR) is 74.6 cm³/mol. The monoisotopic (exact) mass is 272 g/mol. The maximum absolute atomic E-state index is 12.3. The Morgan fingerprint density at radius 1 is 1.25 bits per heavy atom. The van der Waals surface area contributed by atoms with Gasteiger partial charge in [0.05, 0.1) is 5.92 Å². The number of amides is 1. The van der Waals surface area contributed by atoms with Crippen LogP contribution in [0.1, 0.15) is 20.3 Å². The summed E-state index contributed by atoms with van der Waals surface area (Å²) < 4.78 is 0.